The molecule has 2 aliphatic rings. The molecule has 2 saturated heterocycles. The topological polar surface area (TPSA) is 228 Å². The quantitative estimate of drug-likeness (QED) is 0.0204. The number of ether oxygens (including phenoxy) is 4. The first-order chi connectivity index (χ1) is 37.6. The Balaban J connectivity index is 1.67. The van der Waals surface area contributed by atoms with Crippen LogP contribution in [-0.4, -0.2) is 140 Å². The first-order valence-corrected chi connectivity index (χ1v) is 32.1. The van der Waals surface area contributed by atoms with Gasteiger partial charge in [0.1, 0.15) is 48.8 Å². The van der Waals surface area contributed by atoms with Gasteiger partial charge in [-0.2, -0.15) is 0 Å². The van der Waals surface area contributed by atoms with Crippen LogP contribution < -0.4 is 5.32 Å². The lowest BCUT2D eigenvalue weighted by Gasteiger charge is -2.46. The van der Waals surface area contributed by atoms with Crippen LogP contribution in [0.4, 0.5) is 0 Å². The SMILES string of the molecule is CCCCCCCCCC/C=C\CCCCCCCCCCCCCCCCCCCC(=O)NC(COC1OC(CO)C(OC2OC(CO)C(O)C(O)C2O)C(O)C1O)C(O)/C=C/CCCCCCCCCCCCCC. The highest BCUT2D eigenvalue weighted by atomic mass is 16.7. The molecule has 14 heteroatoms. The number of unbranched alkanes of at least 4 members (excludes halogenated alkanes) is 37. The molecule has 9 N–H and O–H groups in total. The van der Waals surface area contributed by atoms with Crippen LogP contribution in [0.5, 0.6) is 0 Å². The Hall–Kier alpha value is -1.53. The van der Waals surface area contributed by atoms with Gasteiger partial charge < -0.3 is 65.1 Å². The van der Waals surface area contributed by atoms with Gasteiger partial charge in [0.05, 0.1) is 32.0 Å². The standard InChI is InChI=1S/C63H119NO13/c1-3-5-7-9-11-13-15-17-19-20-21-22-23-24-25-26-27-28-29-30-31-32-33-35-37-39-41-43-45-47-55(68)64-51(52(67)46-44-42-40-38-36-34-18-16-14-12-10-8-6-4-2)50-74-62-60(73)58(71)61(54(49-66)76-62)77-63-59(72)57(70)56(69)53(48-65)75-63/h20-21,44,46,51-54,56-63,65-67,69-73H,3-19,22-43,45,47-50H2,1-2H3,(H,64,68)/b21-20-,46-44+. The average Bonchev–Trinajstić information content (AvgIpc) is 3.43. The number of nitrogens with one attached hydrogen (secondary N) is 1. The van der Waals surface area contributed by atoms with E-state index in [0.29, 0.717) is 6.42 Å². The third-order valence-corrected chi connectivity index (χ3v) is 15.9. The second-order valence-corrected chi connectivity index (χ2v) is 22.9. The summed E-state index contributed by atoms with van der Waals surface area (Å²) in [6, 6.07) is -0.911. The minimum absolute atomic E-state index is 0.235. The molecule has 0 aliphatic carbocycles. The van der Waals surface area contributed by atoms with Crippen molar-refractivity contribution in [2.75, 3.05) is 19.8 Å². The Bertz CT molecular complexity index is 1390. The number of carbonyl (C=O) groups excluding carboxylic acids is 1. The van der Waals surface area contributed by atoms with Crippen LogP contribution >= 0.6 is 0 Å². The van der Waals surface area contributed by atoms with Gasteiger partial charge in [-0.15, -0.1) is 0 Å². The highest BCUT2D eigenvalue weighted by Crippen LogP contribution is 2.30. The van der Waals surface area contributed by atoms with Crippen molar-refractivity contribution in [3.63, 3.8) is 0 Å². The van der Waals surface area contributed by atoms with Crippen LogP contribution in [0.15, 0.2) is 24.3 Å². The number of hydrogen-bond acceptors (Lipinski definition) is 13. The highest BCUT2D eigenvalue weighted by molar-refractivity contribution is 5.76. The molecule has 2 fully saturated rings. The molecule has 0 aromatic rings. The van der Waals surface area contributed by atoms with E-state index in [1.807, 2.05) is 6.08 Å². The van der Waals surface area contributed by atoms with E-state index in [1.165, 1.54) is 212 Å². The highest BCUT2D eigenvalue weighted by Gasteiger charge is 2.51. The number of carbonyl (C=O) groups is 1. The van der Waals surface area contributed by atoms with Gasteiger partial charge in [-0.1, -0.05) is 250 Å². The van der Waals surface area contributed by atoms with E-state index in [-0.39, 0.29) is 18.9 Å². The summed E-state index contributed by atoms with van der Waals surface area (Å²) in [6.45, 7) is 2.82. The molecule has 1 amide bonds. The number of aliphatic hydroxyl groups is 8. The van der Waals surface area contributed by atoms with Crippen molar-refractivity contribution in [3.8, 4) is 0 Å². The molecule has 12 atom stereocenters. The summed E-state index contributed by atoms with van der Waals surface area (Å²) in [5.41, 5.74) is 0. The van der Waals surface area contributed by atoms with E-state index in [9.17, 15) is 45.6 Å². The van der Waals surface area contributed by atoms with Crippen molar-refractivity contribution >= 4 is 5.91 Å². The Morgan fingerprint density at radius 1 is 0.455 bits per heavy atom. The van der Waals surface area contributed by atoms with Gasteiger partial charge in [-0.3, -0.25) is 4.79 Å². The predicted molar refractivity (Wildman–Crippen MR) is 309 cm³/mol. The van der Waals surface area contributed by atoms with Gasteiger partial charge in [0.15, 0.2) is 12.6 Å². The lowest BCUT2D eigenvalue weighted by Crippen LogP contribution is -2.65. The number of aliphatic hydroxyl groups excluding tert-OH is 8. The zero-order chi connectivity index (χ0) is 56.0. The van der Waals surface area contributed by atoms with Crippen molar-refractivity contribution in [2.45, 2.75) is 351 Å². The molecule has 0 radical (unpaired) electrons. The fraction of sp³-hybridized carbons (Fsp3) is 0.921. The molecule has 14 nitrogen and oxygen atoms in total. The summed E-state index contributed by atoms with van der Waals surface area (Å²) in [5, 5.41) is 87.1. The molecule has 77 heavy (non-hydrogen) atoms. The Kier molecular flexibility index (Phi) is 45.7. The molecule has 2 rings (SSSR count). The van der Waals surface area contributed by atoms with Gasteiger partial charge in [0.2, 0.25) is 5.91 Å². The summed E-state index contributed by atoms with van der Waals surface area (Å²) in [4.78, 5) is 13.3. The van der Waals surface area contributed by atoms with Crippen LogP contribution in [0.1, 0.15) is 277 Å². The Labute approximate surface area is 468 Å². The summed E-state index contributed by atoms with van der Waals surface area (Å²) in [6.07, 6.45) is 42.3. The van der Waals surface area contributed by atoms with Crippen LogP contribution in [0, 0.1) is 0 Å². The van der Waals surface area contributed by atoms with Gasteiger partial charge >= 0.3 is 0 Å². The fourth-order valence-electron chi connectivity index (χ4n) is 10.7. The van der Waals surface area contributed by atoms with Crippen LogP contribution in [0.25, 0.3) is 0 Å². The Morgan fingerprint density at radius 2 is 0.818 bits per heavy atom. The van der Waals surface area contributed by atoms with Crippen molar-refractivity contribution < 1.29 is 64.6 Å². The fourth-order valence-corrected chi connectivity index (χ4v) is 10.7. The molecule has 0 aromatic carbocycles. The molecule has 0 saturated carbocycles. The Morgan fingerprint density at radius 3 is 1.23 bits per heavy atom. The van der Waals surface area contributed by atoms with Gasteiger partial charge in [0.25, 0.3) is 0 Å². The minimum Gasteiger partial charge on any atom is -0.394 e. The third kappa shape index (κ3) is 34.5. The zero-order valence-electron chi connectivity index (χ0n) is 49.0. The van der Waals surface area contributed by atoms with Crippen LogP contribution in [-0.2, 0) is 23.7 Å². The summed E-state index contributed by atoms with van der Waals surface area (Å²) in [5.74, 6) is -0.235. The van der Waals surface area contributed by atoms with E-state index < -0.39 is 86.8 Å². The normalized spacial score (nSPS) is 24.8. The second-order valence-electron chi connectivity index (χ2n) is 22.9. The number of rotatable bonds is 52. The van der Waals surface area contributed by atoms with Crippen molar-refractivity contribution in [1.29, 1.82) is 0 Å². The van der Waals surface area contributed by atoms with E-state index in [4.69, 9.17) is 18.9 Å². The van der Waals surface area contributed by atoms with E-state index in [2.05, 4.69) is 31.3 Å². The van der Waals surface area contributed by atoms with Crippen LogP contribution in [0.3, 0.4) is 0 Å². The maximum Gasteiger partial charge on any atom is 0.220 e. The maximum absolute atomic E-state index is 13.3. The molecule has 2 aliphatic heterocycles. The lowest BCUT2D eigenvalue weighted by atomic mass is 9.97. The monoisotopic (exact) mass is 1100 g/mol. The van der Waals surface area contributed by atoms with Gasteiger partial charge in [0, 0.05) is 6.42 Å². The average molecular weight is 1100 g/mol. The smallest absolute Gasteiger partial charge is 0.220 e. The number of hydrogen-bond donors (Lipinski definition) is 9. The summed E-state index contributed by atoms with van der Waals surface area (Å²) in [7, 11) is 0. The predicted octanol–water partition coefficient (Wildman–Crippen LogP) is 11.6. The number of amides is 1. The molecule has 0 bridgehead atoms. The van der Waals surface area contributed by atoms with Crippen molar-refractivity contribution in [3.05, 3.63) is 24.3 Å². The summed E-state index contributed by atoms with van der Waals surface area (Å²) < 4.78 is 22.8. The van der Waals surface area contributed by atoms with Crippen molar-refractivity contribution in [1.82, 2.24) is 5.32 Å². The minimum atomic E-state index is -1.79. The molecule has 0 aromatic heterocycles. The second kappa shape index (κ2) is 49.1. The molecule has 454 valence electrons. The van der Waals surface area contributed by atoms with E-state index >= 15 is 0 Å². The first-order valence-electron chi connectivity index (χ1n) is 32.1. The molecule has 12 unspecified atom stereocenters. The maximum atomic E-state index is 13.3. The third-order valence-electron chi connectivity index (χ3n) is 15.9. The van der Waals surface area contributed by atoms with E-state index in [0.717, 1.165) is 38.5 Å². The van der Waals surface area contributed by atoms with Crippen molar-refractivity contribution in [2.24, 2.45) is 0 Å². The molecular formula is C63H119NO13. The first kappa shape index (κ1) is 71.6. The molecule has 2 heterocycles. The largest absolute Gasteiger partial charge is 0.394 e. The number of allylic oxidation sites excluding steroid dienone is 3. The molecule has 0 spiro atoms. The lowest BCUT2D eigenvalue weighted by molar-refractivity contribution is -0.359. The molecular weight excluding hydrogens is 979 g/mol. The van der Waals surface area contributed by atoms with Gasteiger partial charge in [-0.25, -0.2) is 0 Å². The zero-order valence-corrected chi connectivity index (χ0v) is 49.0. The van der Waals surface area contributed by atoms with Gasteiger partial charge in [-0.05, 0) is 44.9 Å². The van der Waals surface area contributed by atoms with E-state index in [1.54, 1.807) is 6.08 Å². The van der Waals surface area contributed by atoms with Crippen LogP contribution in [0.2, 0.25) is 0 Å². The summed E-state index contributed by atoms with van der Waals surface area (Å²) >= 11 is 0.